The molecule has 0 atom stereocenters. The molecular formula is C30H21BrClN3O4. The van der Waals surface area contributed by atoms with Crippen molar-refractivity contribution < 1.29 is 19.1 Å². The van der Waals surface area contributed by atoms with Crippen LogP contribution in [0.25, 0.3) is 22.0 Å². The average Bonchev–Trinajstić information content (AvgIpc) is 3.33. The molecule has 0 fully saturated rings. The summed E-state index contributed by atoms with van der Waals surface area (Å²) < 4.78 is 11.8. The summed E-state index contributed by atoms with van der Waals surface area (Å²) in [4.78, 5) is 29.3. The maximum absolute atomic E-state index is 13.3. The third kappa shape index (κ3) is 5.72. The molecule has 0 aliphatic heterocycles. The van der Waals surface area contributed by atoms with Crippen LogP contribution >= 0.6 is 27.5 Å². The number of hydrazone groups is 1. The number of methoxy groups -OCH3 is 1. The van der Waals surface area contributed by atoms with Gasteiger partial charge in [0, 0.05) is 31.5 Å². The number of aromatic amines is 1. The normalized spacial score (nSPS) is 11.1. The van der Waals surface area contributed by atoms with Crippen LogP contribution in [0.4, 0.5) is 0 Å². The molecule has 4 aromatic carbocycles. The molecule has 0 spiro atoms. The summed E-state index contributed by atoms with van der Waals surface area (Å²) in [5, 5.41) is 5.41. The number of benzene rings is 4. The number of halogens is 2. The van der Waals surface area contributed by atoms with Crippen molar-refractivity contribution in [1.82, 2.24) is 10.4 Å². The van der Waals surface area contributed by atoms with E-state index in [1.807, 2.05) is 48.5 Å². The lowest BCUT2D eigenvalue weighted by atomic mass is 10.0. The van der Waals surface area contributed by atoms with Crippen LogP contribution < -0.4 is 14.9 Å². The summed E-state index contributed by atoms with van der Waals surface area (Å²) in [5.74, 6) is -0.475. The molecule has 5 rings (SSSR count). The molecule has 39 heavy (non-hydrogen) atoms. The second-order valence-corrected chi connectivity index (χ2v) is 9.75. The van der Waals surface area contributed by atoms with E-state index in [-0.39, 0.29) is 11.3 Å². The summed E-state index contributed by atoms with van der Waals surface area (Å²) in [5.41, 5.74) is 6.10. The van der Waals surface area contributed by atoms with Crippen molar-refractivity contribution in [1.29, 1.82) is 0 Å². The van der Waals surface area contributed by atoms with E-state index in [0.717, 1.165) is 26.5 Å². The summed E-state index contributed by atoms with van der Waals surface area (Å²) >= 11 is 9.57. The van der Waals surface area contributed by atoms with Crippen LogP contribution in [0.5, 0.6) is 11.5 Å². The Labute approximate surface area is 237 Å². The number of carbonyl (C=O) groups is 2. The first-order chi connectivity index (χ1) is 18.9. The maximum atomic E-state index is 13.3. The number of rotatable bonds is 7. The number of hydrogen-bond acceptors (Lipinski definition) is 5. The second-order valence-electron chi connectivity index (χ2n) is 8.40. The van der Waals surface area contributed by atoms with Crippen molar-refractivity contribution in [3.8, 4) is 22.6 Å². The minimum atomic E-state index is -0.643. The zero-order valence-corrected chi connectivity index (χ0v) is 22.9. The topological polar surface area (TPSA) is 92.8 Å². The minimum Gasteiger partial charge on any atom is -0.496 e. The lowest BCUT2D eigenvalue weighted by Gasteiger charge is -2.10. The number of hydrogen-bond donors (Lipinski definition) is 2. The van der Waals surface area contributed by atoms with E-state index in [4.69, 9.17) is 21.1 Å². The zero-order chi connectivity index (χ0) is 27.4. The van der Waals surface area contributed by atoms with E-state index in [2.05, 4.69) is 31.4 Å². The van der Waals surface area contributed by atoms with E-state index >= 15 is 0 Å². The van der Waals surface area contributed by atoms with Crippen LogP contribution in [0.2, 0.25) is 5.02 Å². The first-order valence-corrected chi connectivity index (χ1v) is 13.0. The molecule has 194 valence electrons. The number of fused-ring (bicyclic) bond motifs is 1. The molecule has 7 nitrogen and oxygen atoms in total. The highest BCUT2D eigenvalue weighted by Crippen LogP contribution is 2.34. The monoisotopic (exact) mass is 601 g/mol. The van der Waals surface area contributed by atoms with Crippen molar-refractivity contribution in [2.24, 2.45) is 5.10 Å². The Kier molecular flexibility index (Phi) is 7.76. The van der Waals surface area contributed by atoms with Gasteiger partial charge in [0.1, 0.15) is 22.8 Å². The summed E-state index contributed by atoms with van der Waals surface area (Å²) in [6, 6.07) is 27.0. The van der Waals surface area contributed by atoms with E-state index in [9.17, 15) is 9.59 Å². The fourth-order valence-corrected chi connectivity index (χ4v) is 4.66. The Hall–Kier alpha value is -4.40. The Morgan fingerprint density at radius 3 is 2.51 bits per heavy atom. The molecule has 0 aliphatic rings. The molecular weight excluding hydrogens is 582 g/mol. The maximum Gasteiger partial charge on any atom is 0.347 e. The standard InChI is InChI=1S/C30H21BrClN3O4/c1-38-26-14-12-21(32)16-23(26)30(37)39-25-10-6-5-9-19(25)17-33-35-29(36)28-27(18-7-3-2-4-8-18)22-15-20(31)11-13-24(22)34-28/h2-17,34H,1H3,(H,35,36). The van der Waals surface area contributed by atoms with Gasteiger partial charge < -0.3 is 14.5 Å². The van der Waals surface area contributed by atoms with Crippen LogP contribution in [0.15, 0.2) is 101 Å². The Bertz CT molecular complexity index is 1720. The number of amides is 1. The molecule has 5 aromatic rings. The molecule has 0 unspecified atom stereocenters. The van der Waals surface area contributed by atoms with Crippen molar-refractivity contribution in [3.05, 3.63) is 117 Å². The Morgan fingerprint density at radius 1 is 0.949 bits per heavy atom. The fraction of sp³-hybridized carbons (Fsp3) is 0.0333. The largest absolute Gasteiger partial charge is 0.496 e. The first-order valence-electron chi connectivity index (χ1n) is 11.8. The third-order valence-corrected chi connectivity index (χ3v) is 6.65. The molecule has 1 aromatic heterocycles. The summed E-state index contributed by atoms with van der Waals surface area (Å²) in [6.07, 6.45) is 1.41. The Balaban J connectivity index is 1.39. The van der Waals surface area contributed by atoms with E-state index in [0.29, 0.717) is 22.0 Å². The molecule has 1 amide bonds. The van der Waals surface area contributed by atoms with Crippen LogP contribution in [-0.2, 0) is 0 Å². The van der Waals surface area contributed by atoms with Gasteiger partial charge in [0.05, 0.1) is 13.3 Å². The van der Waals surface area contributed by atoms with Gasteiger partial charge in [0.2, 0.25) is 0 Å². The number of para-hydroxylation sites is 1. The molecule has 0 saturated carbocycles. The lowest BCUT2D eigenvalue weighted by molar-refractivity contribution is 0.0730. The molecule has 9 heteroatoms. The average molecular weight is 603 g/mol. The lowest BCUT2D eigenvalue weighted by Crippen LogP contribution is -2.19. The third-order valence-electron chi connectivity index (χ3n) is 5.92. The fourth-order valence-electron chi connectivity index (χ4n) is 4.13. The highest BCUT2D eigenvalue weighted by atomic mass is 79.9. The van der Waals surface area contributed by atoms with Gasteiger partial charge >= 0.3 is 5.97 Å². The number of ether oxygens (including phenoxy) is 2. The van der Waals surface area contributed by atoms with Crippen LogP contribution in [-0.4, -0.2) is 30.2 Å². The predicted molar refractivity (Wildman–Crippen MR) is 156 cm³/mol. The van der Waals surface area contributed by atoms with E-state index < -0.39 is 11.9 Å². The SMILES string of the molecule is COc1ccc(Cl)cc1C(=O)Oc1ccccc1C=NNC(=O)c1[nH]c2ccc(Br)cc2c1-c1ccccc1. The molecule has 0 radical (unpaired) electrons. The molecule has 0 aliphatic carbocycles. The van der Waals surface area contributed by atoms with Gasteiger partial charge in [-0.1, -0.05) is 70.0 Å². The van der Waals surface area contributed by atoms with Gasteiger partial charge in [0.25, 0.3) is 5.91 Å². The van der Waals surface area contributed by atoms with Crippen LogP contribution in [0.1, 0.15) is 26.4 Å². The number of aromatic nitrogens is 1. The van der Waals surface area contributed by atoms with E-state index in [1.54, 1.807) is 36.4 Å². The minimum absolute atomic E-state index is 0.184. The highest BCUT2D eigenvalue weighted by molar-refractivity contribution is 9.10. The summed E-state index contributed by atoms with van der Waals surface area (Å²) in [6.45, 7) is 0. The van der Waals surface area contributed by atoms with Gasteiger partial charge in [0.15, 0.2) is 0 Å². The number of esters is 1. The van der Waals surface area contributed by atoms with Crippen LogP contribution in [0, 0.1) is 0 Å². The smallest absolute Gasteiger partial charge is 0.347 e. The van der Waals surface area contributed by atoms with Gasteiger partial charge in [-0.15, -0.1) is 0 Å². The first kappa shape index (κ1) is 26.2. The Morgan fingerprint density at radius 2 is 1.72 bits per heavy atom. The van der Waals surface area contributed by atoms with Crippen LogP contribution in [0.3, 0.4) is 0 Å². The zero-order valence-electron chi connectivity index (χ0n) is 20.6. The second kappa shape index (κ2) is 11.6. The summed E-state index contributed by atoms with van der Waals surface area (Å²) in [7, 11) is 1.46. The van der Waals surface area contributed by atoms with Gasteiger partial charge in [-0.05, 0) is 54.1 Å². The molecule has 1 heterocycles. The highest BCUT2D eigenvalue weighted by Gasteiger charge is 2.20. The molecule has 0 saturated heterocycles. The van der Waals surface area contributed by atoms with Gasteiger partial charge in [-0.2, -0.15) is 5.10 Å². The number of carbonyl (C=O) groups excluding carboxylic acids is 2. The van der Waals surface area contributed by atoms with Crippen molar-refractivity contribution >= 4 is 56.5 Å². The number of nitrogens with one attached hydrogen (secondary N) is 2. The molecule has 0 bridgehead atoms. The predicted octanol–water partition coefficient (Wildman–Crippen LogP) is 7.24. The number of nitrogens with zero attached hydrogens (tertiary/aromatic N) is 1. The van der Waals surface area contributed by atoms with Crippen molar-refractivity contribution in [2.75, 3.05) is 7.11 Å². The van der Waals surface area contributed by atoms with Crippen molar-refractivity contribution in [2.45, 2.75) is 0 Å². The van der Waals surface area contributed by atoms with Crippen molar-refractivity contribution in [3.63, 3.8) is 0 Å². The van der Waals surface area contributed by atoms with Gasteiger partial charge in [-0.25, -0.2) is 10.2 Å². The molecule has 2 N–H and O–H groups in total. The van der Waals surface area contributed by atoms with E-state index in [1.165, 1.54) is 19.4 Å². The number of H-pyrrole nitrogens is 1. The van der Waals surface area contributed by atoms with Gasteiger partial charge in [-0.3, -0.25) is 4.79 Å². The quantitative estimate of drug-likeness (QED) is 0.0889.